The Morgan fingerprint density at radius 3 is 1.97 bits per heavy atom. The maximum atomic E-state index is 13.9. The highest BCUT2D eigenvalue weighted by molar-refractivity contribution is 7.92. The number of nitrogens with zero attached hydrogens (tertiary/aromatic N) is 2. The molecule has 7 nitrogen and oxygen atoms in total. The molecule has 2 atom stereocenters. The summed E-state index contributed by atoms with van der Waals surface area (Å²) in [6.45, 7) is 9.03. The lowest BCUT2D eigenvalue weighted by atomic mass is 10.1. The number of carbonyl (C=O) groups excluding carboxylic acids is 2. The minimum Gasteiger partial charge on any atom is -0.352 e. The van der Waals surface area contributed by atoms with E-state index in [1.807, 2.05) is 64.1 Å². The number of hydrogen-bond acceptors (Lipinski definition) is 4. The Morgan fingerprint density at radius 1 is 0.868 bits per heavy atom. The average molecular weight is 536 g/mol. The maximum Gasteiger partial charge on any atom is 0.264 e. The first-order chi connectivity index (χ1) is 18.0. The van der Waals surface area contributed by atoms with E-state index in [0.717, 1.165) is 27.4 Å². The SMILES string of the molecule is CC[C@H](C)NC(=O)[C@@H](C)N(Cc1ccccc1)C(=O)CN(c1cc(C)cc(C)c1)S(=O)(=O)c1ccccc1. The van der Waals surface area contributed by atoms with Crippen LogP contribution in [0.25, 0.3) is 0 Å². The quantitative estimate of drug-likeness (QED) is 0.381. The van der Waals surface area contributed by atoms with E-state index in [2.05, 4.69) is 5.32 Å². The van der Waals surface area contributed by atoms with Gasteiger partial charge in [0.1, 0.15) is 12.6 Å². The highest BCUT2D eigenvalue weighted by Gasteiger charge is 2.32. The minimum absolute atomic E-state index is 0.0520. The Balaban J connectivity index is 2.03. The van der Waals surface area contributed by atoms with Crippen LogP contribution >= 0.6 is 0 Å². The van der Waals surface area contributed by atoms with Crippen LogP contribution in [0.3, 0.4) is 0 Å². The summed E-state index contributed by atoms with van der Waals surface area (Å²) in [6, 6.07) is 22.0. The van der Waals surface area contributed by atoms with Gasteiger partial charge in [0, 0.05) is 12.6 Å². The maximum absolute atomic E-state index is 13.9. The van der Waals surface area contributed by atoms with E-state index in [9.17, 15) is 18.0 Å². The zero-order valence-electron chi connectivity index (χ0n) is 22.7. The van der Waals surface area contributed by atoms with Gasteiger partial charge in [-0.15, -0.1) is 0 Å². The van der Waals surface area contributed by atoms with Crippen molar-refractivity contribution in [2.45, 2.75) is 64.6 Å². The van der Waals surface area contributed by atoms with Gasteiger partial charge in [-0.3, -0.25) is 13.9 Å². The fourth-order valence-corrected chi connectivity index (χ4v) is 5.59. The number of sulfonamides is 1. The van der Waals surface area contributed by atoms with Crippen molar-refractivity contribution in [1.29, 1.82) is 0 Å². The van der Waals surface area contributed by atoms with Gasteiger partial charge in [0.05, 0.1) is 10.6 Å². The van der Waals surface area contributed by atoms with Crippen molar-refractivity contribution in [3.8, 4) is 0 Å². The van der Waals surface area contributed by atoms with Crippen molar-refractivity contribution < 1.29 is 18.0 Å². The zero-order chi connectivity index (χ0) is 27.9. The number of nitrogens with one attached hydrogen (secondary N) is 1. The summed E-state index contributed by atoms with van der Waals surface area (Å²) >= 11 is 0. The van der Waals surface area contributed by atoms with E-state index in [1.54, 1.807) is 37.3 Å². The smallest absolute Gasteiger partial charge is 0.264 e. The van der Waals surface area contributed by atoms with Gasteiger partial charge in [0.15, 0.2) is 0 Å². The molecule has 0 saturated heterocycles. The summed E-state index contributed by atoms with van der Waals surface area (Å²) in [5.74, 6) is -0.758. The molecule has 0 saturated carbocycles. The summed E-state index contributed by atoms with van der Waals surface area (Å²) in [5.41, 5.74) is 3.00. The van der Waals surface area contributed by atoms with Crippen LogP contribution in [0.4, 0.5) is 5.69 Å². The molecule has 0 spiro atoms. The van der Waals surface area contributed by atoms with Crippen molar-refractivity contribution in [3.05, 3.63) is 95.6 Å². The normalized spacial score (nSPS) is 12.9. The molecule has 3 rings (SSSR count). The third-order valence-corrected chi connectivity index (χ3v) is 8.26. The van der Waals surface area contributed by atoms with E-state index in [1.165, 1.54) is 17.0 Å². The fourth-order valence-electron chi connectivity index (χ4n) is 4.17. The number of amides is 2. The van der Waals surface area contributed by atoms with Crippen LogP contribution in [0.15, 0.2) is 83.8 Å². The lowest BCUT2D eigenvalue weighted by Crippen LogP contribution is -2.52. The zero-order valence-corrected chi connectivity index (χ0v) is 23.5. The molecular formula is C30H37N3O4S. The number of aryl methyl sites for hydroxylation is 2. The predicted molar refractivity (Wildman–Crippen MR) is 151 cm³/mol. The van der Waals surface area contributed by atoms with Gasteiger partial charge in [-0.2, -0.15) is 0 Å². The molecule has 0 radical (unpaired) electrons. The van der Waals surface area contributed by atoms with Crippen molar-refractivity contribution in [2.24, 2.45) is 0 Å². The van der Waals surface area contributed by atoms with Gasteiger partial charge in [0.2, 0.25) is 11.8 Å². The Labute approximate surface area is 226 Å². The van der Waals surface area contributed by atoms with Crippen LogP contribution in [0.5, 0.6) is 0 Å². The summed E-state index contributed by atoms with van der Waals surface area (Å²) in [5, 5.41) is 2.94. The molecule has 202 valence electrons. The lowest BCUT2D eigenvalue weighted by Gasteiger charge is -2.32. The van der Waals surface area contributed by atoms with Crippen molar-refractivity contribution in [3.63, 3.8) is 0 Å². The molecule has 0 unspecified atom stereocenters. The van der Waals surface area contributed by atoms with E-state index >= 15 is 0 Å². The molecule has 3 aromatic rings. The highest BCUT2D eigenvalue weighted by Crippen LogP contribution is 2.26. The molecule has 3 aromatic carbocycles. The molecule has 2 amide bonds. The van der Waals surface area contributed by atoms with Crippen LogP contribution in [0, 0.1) is 13.8 Å². The second-order valence-corrected chi connectivity index (χ2v) is 11.5. The molecule has 1 N–H and O–H groups in total. The van der Waals surface area contributed by atoms with Gasteiger partial charge < -0.3 is 10.2 Å². The molecule has 0 bridgehead atoms. The lowest BCUT2D eigenvalue weighted by molar-refractivity contribution is -0.139. The van der Waals surface area contributed by atoms with Gasteiger partial charge in [-0.05, 0) is 75.1 Å². The van der Waals surface area contributed by atoms with E-state index in [-0.39, 0.29) is 23.4 Å². The standard InChI is InChI=1S/C30H37N3O4S/c1-6-24(4)31-30(35)25(5)32(20-26-13-9-7-10-14-26)29(34)21-33(27-18-22(2)17-23(3)19-27)38(36,37)28-15-11-8-12-16-28/h7-19,24-25H,6,20-21H2,1-5H3,(H,31,35)/t24-,25+/m0/s1. The van der Waals surface area contributed by atoms with Crippen molar-refractivity contribution >= 4 is 27.5 Å². The molecule has 38 heavy (non-hydrogen) atoms. The van der Waals surface area contributed by atoms with Gasteiger partial charge in [0.25, 0.3) is 10.0 Å². The number of benzene rings is 3. The van der Waals surface area contributed by atoms with Gasteiger partial charge >= 0.3 is 0 Å². The molecule has 0 aliphatic rings. The molecule has 0 heterocycles. The third kappa shape index (κ3) is 7.22. The van der Waals surface area contributed by atoms with Crippen LogP contribution in [-0.4, -0.2) is 43.8 Å². The molecule has 8 heteroatoms. The van der Waals surface area contributed by atoms with Gasteiger partial charge in [-0.25, -0.2) is 8.42 Å². The Bertz CT molecular complexity index is 1320. The topological polar surface area (TPSA) is 86.8 Å². The summed E-state index contributed by atoms with van der Waals surface area (Å²) in [6.07, 6.45) is 0.751. The fraction of sp³-hybridized carbons (Fsp3) is 0.333. The number of anilines is 1. The number of rotatable bonds is 11. The van der Waals surface area contributed by atoms with Crippen molar-refractivity contribution in [1.82, 2.24) is 10.2 Å². The Hall–Kier alpha value is -3.65. The van der Waals surface area contributed by atoms with Crippen LogP contribution in [0.1, 0.15) is 43.9 Å². The van der Waals surface area contributed by atoms with E-state index in [0.29, 0.717) is 5.69 Å². The first-order valence-electron chi connectivity index (χ1n) is 12.8. The van der Waals surface area contributed by atoms with Crippen LogP contribution < -0.4 is 9.62 Å². The molecule has 0 aliphatic carbocycles. The molecule has 0 aliphatic heterocycles. The number of hydrogen-bond donors (Lipinski definition) is 1. The largest absolute Gasteiger partial charge is 0.352 e. The monoisotopic (exact) mass is 535 g/mol. The second kappa shape index (κ2) is 12.7. The predicted octanol–water partition coefficient (Wildman–Crippen LogP) is 4.83. The van der Waals surface area contributed by atoms with Crippen LogP contribution in [-0.2, 0) is 26.2 Å². The van der Waals surface area contributed by atoms with E-state index < -0.39 is 28.5 Å². The number of carbonyl (C=O) groups is 2. The summed E-state index contributed by atoms with van der Waals surface area (Å²) < 4.78 is 28.8. The van der Waals surface area contributed by atoms with Crippen LogP contribution in [0.2, 0.25) is 0 Å². The Morgan fingerprint density at radius 2 is 1.42 bits per heavy atom. The van der Waals surface area contributed by atoms with Crippen molar-refractivity contribution in [2.75, 3.05) is 10.8 Å². The average Bonchev–Trinajstić information content (AvgIpc) is 2.90. The van der Waals surface area contributed by atoms with E-state index in [4.69, 9.17) is 0 Å². The van der Waals surface area contributed by atoms with Gasteiger partial charge in [-0.1, -0.05) is 61.5 Å². The molecule has 0 aromatic heterocycles. The third-order valence-electron chi connectivity index (χ3n) is 6.47. The minimum atomic E-state index is -4.07. The molecular weight excluding hydrogens is 498 g/mol. The Kier molecular flexibility index (Phi) is 9.69. The summed E-state index contributed by atoms with van der Waals surface area (Å²) in [7, 11) is -4.07. The second-order valence-electron chi connectivity index (χ2n) is 9.67. The molecule has 0 fully saturated rings. The first-order valence-corrected chi connectivity index (χ1v) is 14.3. The summed E-state index contributed by atoms with van der Waals surface area (Å²) in [4.78, 5) is 28.5. The first kappa shape index (κ1) is 28.9. The highest BCUT2D eigenvalue weighted by atomic mass is 32.2.